The highest BCUT2D eigenvalue weighted by atomic mass is 79.9. The van der Waals surface area contributed by atoms with E-state index in [2.05, 4.69) is 21.0 Å². The van der Waals surface area contributed by atoms with Gasteiger partial charge in [-0.05, 0) is 29.3 Å². The molecule has 0 aliphatic heterocycles. The summed E-state index contributed by atoms with van der Waals surface area (Å²) < 4.78 is 63.8. The van der Waals surface area contributed by atoms with E-state index < -0.39 is 24.3 Å². The maximum Gasteiger partial charge on any atom is 0.461 e. The lowest BCUT2D eigenvalue weighted by molar-refractivity contribution is -0.268. The van der Waals surface area contributed by atoms with Crippen molar-refractivity contribution in [1.82, 2.24) is 9.78 Å². The van der Waals surface area contributed by atoms with Crippen LogP contribution in [-0.4, -0.2) is 27.7 Å². The van der Waals surface area contributed by atoms with E-state index in [9.17, 15) is 26.7 Å². The van der Waals surface area contributed by atoms with E-state index in [4.69, 9.17) is 0 Å². The van der Waals surface area contributed by atoms with Crippen molar-refractivity contribution in [3.63, 3.8) is 0 Å². The van der Waals surface area contributed by atoms with Crippen LogP contribution in [-0.2, 0) is 24.2 Å². The molecular weight excluding hydrogens is 351 g/mol. The number of carbonyl (C=O) groups excluding carboxylic acids is 1. The minimum absolute atomic E-state index is 0.0262. The molecule has 0 N–H and O–H groups in total. The summed E-state index contributed by atoms with van der Waals surface area (Å²) in [6.45, 7) is 3.66. The highest BCUT2D eigenvalue weighted by molar-refractivity contribution is 9.10. The molecule has 0 aliphatic rings. The maximum absolute atomic E-state index is 12.9. The second-order valence-electron chi connectivity index (χ2n) is 4.05. The van der Waals surface area contributed by atoms with E-state index in [1.54, 1.807) is 13.8 Å². The molecule has 0 atom stereocenters. The molecule has 0 saturated heterocycles. The summed E-state index contributed by atoms with van der Waals surface area (Å²) in [5.74, 6) is -7.55. The monoisotopic (exact) mass is 362 g/mol. The molecule has 0 aromatic carbocycles. The Balaban J connectivity index is 3.11. The highest BCUT2D eigenvalue weighted by Crippen LogP contribution is 2.37. The first kappa shape index (κ1) is 17.1. The number of carbonyl (C=O) groups is 1. The summed E-state index contributed by atoms with van der Waals surface area (Å²) in [6, 6.07) is 0. The molecule has 1 aromatic rings. The zero-order valence-corrected chi connectivity index (χ0v) is 12.3. The molecule has 1 rings (SSSR count). The molecule has 0 fully saturated rings. The summed E-state index contributed by atoms with van der Waals surface area (Å²) in [4.78, 5) is 11.3. The Kier molecular flexibility index (Phi) is 4.94. The summed E-state index contributed by atoms with van der Waals surface area (Å²) in [5, 5.41) is 4.04. The van der Waals surface area contributed by atoms with Crippen molar-refractivity contribution < 1.29 is 26.7 Å². The van der Waals surface area contributed by atoms with E-state index in [0.29, 0.717) is 16.6 Å². The standard InChI is InChI=1S/C11H12BrF5N2O/c1-3-6-9(12)7(19(4-2)18-6)5-8(20)10(13,14)11(15,16)17/h3-5H2,1-2H3. The number of Topliss-reactive ketones (excluding diaryl/α,β-unsaturated/α-hetero) is 1. The van der Waals surface area contributed by atoms with Gasteiger partial charge in [-0.2, -0.15) is 27.1 Å². The number of nitrogens with zero attached hydrogens (tertiary/aromatic N) is 2. The Labute approximate surface area is 120 Å². The Hall–Kier alpha value is -0.990. The van der Waals surface area contributed by atoms with Crippen LogP contribution in [0.5, 0.6) is 0 Å². The minimum atomic E-state index is -5.89. The number of rotatable bonds is 5. The van der Waals surface area contributed by atoms with Gasteiger partial charge in [-0.1, -0.05) is 6.92 Å². The van der Waals surface area contributed by atoms with Gasteiger partial charge in [0.15, 0.2) is 0 Å². The predicted molar refractivity (Wildman–Crippen MR) is 64.7 cm³/mol. The zero-order valence-electron chi connectivity index (χ0n) is 10.7. The van der Waals surface area contributed by atoms with E-state index in [1.807, 2.05) is 0 Å². The Morgan fingerprint density at radius 2 is 1.80 bits per heavy atom. The smallest absolute Gasteiger partial charge is 0.292 e. The number of halogens is 6. The van der Waals surface area contributed by atoms with Gasteiger partial charge in [0.1, 0.15) is 0 Å². The van der Waals surface area contributed by atoms with Gasteiger partial charge in [0.25, 0.3) is 0 Å². The second kappa shape index (κ2) is 5.79. The first-order chi connectivity index (χ1) is 9.06. The van der Waals surface area contributed by atoms with E-state index in [1.165, 1.54) is 4.68 Å². The largest absolute Gasteiger partial charge is 0.461 e. The van der Waals surface area contributed by atoms with Crippen LogP contribution in [0, 0.1) is 0 Å². The van der Waals surface area contributed by atoms with Crippen LogP contribution in [0.15, 0.2) is 4.47 Å². The number of hydrogen-bond acceptors (Lipinski definition) is 2. The number of alkyl halides is 5. The fourth-order valence-corrected chi connectivity index (χ4v) is 2.31. The predicted octanol–water partition coefficient (Wildman–Crippen LogP) is 3.54. The fraction of sp³-hybridized carbons (Fsp3) is 0.636. The molecule has 20 heavy (non-hydrogen) atoms. The van der Waals surface area contributed by atoms with Crippen molar-refractivity contribution in [1.29, 1.82) is 0 Å². The maximum atomic E-state index is 12.9. The molecular formula is C11H12BrF5N2O. The molecule has 0 saturated carbocycles. The third kappa shape index (κ3) is 3.02. The van der Waals surface area contributed by atoms with Crippen molar-refractivity contribution in [2.45, 2.75) is 45.3 Å². The van der Waals surface area contributed by atoms with Gasteiger partial charge in [-0.25, -0.2) is 0 Å². The van der Waals surface area contributed by atoms with Gasteiger partial charge in [-0.15, -0.1) is 0 Å². The molecule has 1 aromatic heterocycles. The molecule has 0 spiro atoms. The van der Waals surface area contributed by atoms with Crippen molar-refractivity contribution in [3.8, 4) is 0 Å². The topological polar surface area (TPSA) is 34.9 Å². The molecule has 9 heteroatoms. The van der Waals surface area contributed by atoms with Crippen LogP contribution >= 0.6 is 15.9 Å². The van der Waals surface area contributed by atoms with Crippen LogP contribution in [0.2, 0.25) is 0 Å². The quantitative estimate of drug-likeness (QED) is 0.751. The Bertz CT molecular complexity index is 510. The number of aryl methyl sites for hydroxylation is 2. The van der Waals surface area contributed by atoms with Gasteiger partial charge in [0.2, 0.25) is 5.78 Å². The normalized spacial score (nSPS) is 12.8. The summed E-state index contributed by atoms with van der Waals surface area (Å²) >= 11 is 3.09. The average Bonchev–Trinajstić information content (AvgIpc) is 2.64. The van der Waals surface area contributed by atoms with Crippen molar-refractivity contribution in [3.05, 3.63) is 15.9 Å². The summed E-state index contributed by atoms with van der Waals surface area (Å²) in [7, 11) is 0. The van der Waals surface area contributed by atoms with Gasteiger partial charge in [-0.3, -0.25) is 9.48 Å². The number of ketones is 1. The second-order valence-corrected chi connectivity index (χ2v) is 4.84. The summed E-state index contributed by atoms with van der Waals surface area (Å²) in [5.41, 5.74) is 0.531. The van der Waals surface area contributed by atoms with Crippen LogP contribution in [0.4, 0.5) is 22.0 Å². The molecule has 0 bridgehead atoms. The third-order valence-corrected chi connectivity index (χ3v) is 3.64. The summed E-state index contributed by atoms with van der Waals surface area (Å²) in [6.07, 6.45) is -6.46. The molecule has 3 nitrogen and oxygen atoms in total. The van der Waals surface area contributed by atoms with E-state index in [0.717, 1.165) is 0 Å². The minimum Gasteiger partial charge on any atom is -0.292 e. The van der Waals surface area contributed by atoms with E-state index >= 15 is 0 Å². The van der Waals surface area contributed by atoms with Crippen LogP contribution < -0.4 is 0 Å². The number of hydrogen-bond donors (Lipinski definition) is 0. The third-order valence-electron chi connectivity index (χ3n) is 2.73. The van der Waals surface area contributed by atoms with E-state index in [-0.39, 0.29) is 12.2 Å². The Morgan fingerprint density at radius 3 is 2.20 bits per heavy atom. The Morgan fingerprint density at radius 1 is 1.25 bits per heavy atom. The lowest BCUT2D eigenvalue weighted by Gasteiger charge is -2.18. The van der Waals surface area contributed by atoms with Gasteiger partial charge < -0.3 is 0 Å². The average molecular weight is 363 g/mol. The fourth-order valence-electron chi connectivity index (χ4n) is 1.61. The van der Waals surface area contributed by atoms with Crippen LogP contribution in [0.25, 0.3) is 0 Å². The first-order valence-corrected chi connectivity index (χ1v) is 6.57. The zero-order chi connectivity index (χ0) is 15.7. The molecule has 0 amide bonds. The van der Waals surface area contributed by atoms with Gasteiger partial charge in [0, 0.05) is 6.54 Å². The molecule has 0 unspecified atom stereocenters. The highest BCUT2D eigenvalue weighted by Gasteiger charge is 2.62. The lowest BCUT2D eigenvalue weighted by atomic mass is 10.1. The first-order valence-electron chi connectivity index (χ1n) is 5.78. The van der Waals surface area contributed by atoms with Gasteiger partial charge in [0.05, 0.1) is 22.3 Å². The lowest BCUT2D eigenvalue weighted by Crippen LogP contribution is -2.45. The molecule has 1 heterocycles. The molecule has 114 valence electrons. The van der Waals surface area contributed by atoms with Crippen molar-refractivity contribution >= 4 is 21.7 Å². The SMILES string of the molecule is CCc1nn(CC)c(CC(=O)C(F)(F)C(F)(F)F)c1Br. The van der Waals surface area contributed by atoms with Crippen LogP contribution in [0.3, 0.4) is 0 Å². The van der Waals surface area contributed by atoms with Crippen LogP contribution in [0.1, 0.15) is 25.2 Å². The van der Waals surface area contributed by atoms with Crippen molar-refractivity contribution in [2.24, 2.45) is 0 Å². The van der Waals surface area contributed by atoms with Gasteiger partial charge >= 0.3 is 12.1 Å². The van der Waals surface area contributed by atoms with Crippen molar-refractivity contribution in [2.75, 3.05) is 0 Å². The molecule has 0 aliphatic carbocycles. The number of aromatic nitrogens is 2. The molecule has 0 radical (unpaired) electrons.